The average Bonchev–Trinajstić information content (AvgIpc) is 2.37. The topological polar surface area (TPSA) is 43.3 Å². The van der Waals surface area contributed by atoms with Crippen molar-refractivity contribution in [3.05, 3.63) is 33.2 Å². The van der Waals surface area contributed by atoms with Crippen molar-refractivity contribution in [2.24, 2.45) is 5.92 Å². The van der Waals surface area contributed by atoms with Gasteiger partial charge in [0.25, 0.3) is 5.56 Å². The molecule has 0 aliphatic heterocycles. The molecule has 4 heteroatoms. The standard InChI is InChI=1S/C16H28N2O2/c1-12(2)10-17-11-15-13(3)9-14(4)18(16(15)19)7-6-8-20-5/h9,12,17H,6-8,10-11H2,1-5H3. The summed E-state index contributed by atoms with van der Waals surface area (Å²) in [6, 6.07) is 2.10. The Labute approximate surface area is 122 Å². The molecule has 0 radical (unpaired) electrons. The largest absolute Gasteiger partial charge is 0.385 e. The molecule has 114 valence electrons. The molecule has 0 fully saturated rings. The van der Waals surface area contributed by atoms with E-state index in [4.69, 9.17) is 4.74 Å². The lowest BCUT2D eigenvalue weighted by Crippen LogP contribution is -2.31. The van der Waals surface area contributed by atoms with Gasteiger partial charge < -0.3 is 14.6 Å². The SMILES string of the molecule is COCCCn1c(C)cc(C)c(CNCC(C)C)c1=O. The van der Waals surface area contributed by atoms with Gasteiger partial charge in [0.15, 0.2) is 0 Å². The van der Waals surface area contributed by atoms with E-state index in [1.54, 1.807) is 7.11 Å². The maximum atomic E-state index is 12.6. The summed E-state index contributed by atoms with van der Waals surface area (Å²) in [5.74, 6) is 0.588. The van der Waals surface area contributed by atoms with Crippen molar-refractivity contribution >= 4 is 0 Å². The van der Waals surface area contributed by atoms with Crippen LogP contribution in [0.15, 0.2) is 10.9 Å². The molecule has 0 aliphatic carbocycles. The quantitative estimate of drug-likeness (QED) is 0.743. The summed E-state index contributed by atoms with van der Waals surface area (Å²) in [6.45, 7) is 11.3. The number of hydrogen-bond donors (Lipinski definition) is 1. The number of nitrogens with one attached hydrogen (secondary N) is 1. The smallest absolute Gasteiger partial charge is 0.255 e. The zero-order valence-corrected chi connectivity index (χ0v) is 13.5. The molecular formula is C16H28N2O2. The Hall–Kier alpha value is -1.13. The minimum absolute atomic E-state index is 0.134. The van der Waals surface area contributed by atoms with E-state index < -0.39 is 0 Å². The second-order valence-electron chi connectivity index (χ2n) is 5.78. The van der Waals surface area contributed by atoms with E-state index in [0.29, 0.717) is 19.1 Å². The molecule has 4 nitrogen and oxygen atoms in total. The molecule has 0 aliphatic rings. The molecule has 0 saturated carbocycles. The minimum Gasteiger partial charge on any atom is -0.385 e. The number of ether oxygens (including phenoxy) is 1. The van der Waals surface area contributed by atoms with Crippen LogP contribution >= 0.6 is 0 Å². The maximum Gasteiger partial charge on any atom is 0.255 e. The first-order chi connectivity index (χ1) is 9.47. The first kappa shape index (κ1) is 16.9. The Bertz CT molecular complexity index is 478. The van der Waals surface area contributed by atoms with Gasteiger partial charge in [-0.1, -0.05) is 13.8 Å². The number of aromatic nitrogens is 1. The molecule has 0 spiro atoms. The van der Waals surface area contributed by atoms with Crippen molar-refractivity contribution in [3.8, 4) is 0 Å². The second kappa shape index (κ2) is 8.22. The zero-order valence-electron chi connectivity index (χ0n) is 13.5. The van der Waals surface area contributed by atoms with Crippen LogP contribution in [0.1, 0.15) is 37.1 Å². The Kier molecular flexibility index (Phi) is 6.96. The fourth-order valence-corrected chi connectivity index (χ4v) is 2.32. The molecule has 1 aromatic rings. The third-order valence-corrected chi connectivity index (χ3v) is 3.42. The van der Waals surface area contributed by atoms with Crippen LogP contribution < -0.4 is 10.9 Å². The van der Waals surface area contributed by atoms with Gasteiger partial charge >= 0.3 is 0 Å². The molecule has 1 N–H and O–H groups in total. The lowest BCUT2D eigenvalue weighted by atomic mass is 10.1. The van der Waals surface area contributed by atoms with E-state index in [1.807, 2.05) is 18.4 Å². The summed E-state index contributed by atoms with van der Waals surface area (Å²) in [4.78, 5) is 12.6. The predicted molar refractivity (Wildman–Crippen MR) is 83.2 cm³/mol. The third-order valence-electron chi connectivity index (χ3n) is 3.42. The Morgan fingerprint density at radius 3 is 2.65 bits per heavy atom. The number of rotatable bonds is 8. The molecule has 0 aromatic carbocycles. The van der Waals surface area contributed by atoms with Crippen LogP contribution in [0.4, 0.5) is 0 Å². The Morgan fingerprint density at radius 1 is 1.35 bits per heavy atom. The Morgan fingerprint density at radius 2 is 2.05 bits per heavy atom. The van der Waals surface area contributed by atoms with Gasteiger partial charge in [0.2, 0.25) is 0 Å². The summed E-state index contributed by atoms with van der Waals surface area (Å²) in [5, 5.41) is 3.36. The van der Waals surface area contributed by atoms with E-state index >= 15 is 0 Å². The summed E-state index contributed by atoms with van der Waals surface area (Å²) in [7, 11) is 1.69. The van der Waals surface area contributed by atoms with Crippen LogP contribution in [0.25, 0.3) is 0 Å². The van der Waals surface area contributed by atoms with E-state index in [1.165, 1.54) is 0 Å². The van der Waals surface area contributed by atoms with Gasteiger partial charge in [-0.05, 0) is 44.4 Å². The highest BCUT2D eigenvalue weighted by Gasteiger charge is 2.10. The molecule has 1 heterocycles. The molecule has 0 atom stereocenters. The molecular weight excluding hydrogens is 252 g/mol. The van der Waals surface area contributed by atoms with Crippen molar-refractivity contribution in [3.63, 3.8) is 0 Å². The summed E-state index contributed by atoms with van der Waals surface area (Å²) >= 11 is 0. The monoisotopic (exact) mass is 280 g/mol. The van der Waals surface area contributed by atoms with Gasteiger partial charge in [0.1, 0.15) is 0 Å². The maximum absolute atomic E-state index is 12.6. The van der Waals surface area contributed by atoms with Crippen molar-refractivity contribution in [2.45, 2.75) is 47.2 Å². The van der Waals surface area contributed by atoms with E-state index in [2.05, 4.69) is 25.2 Å². The van der Waals surface area contributed by atoms with Gasteiger partial charge in [-0.25, -0.2) is 0 Å². The fourth-order valence-electron chi connectivity index (χ4n) is 2.32. The van der Waals surface area contributed by atoms with Crippen molar-refractivity contribution in [1.82, 2.24) is 9.88 Å². The Balaban J connectivity index is 2.88. The first-order valence-electron chi connectivity index (χ1n) is 7.37. The van der Waals surface area contributed by atoms with Crippen LogP contribution in [0.3, 0.4) is 0 Å². The third kappa shape index (κ3) is 4.76. The molecule has 0 bridgehead atoms. The van der Waals surface area contributed by atoms with E-state index in [9.17, 15) is 4.79 Å². The highest BCUT2D eigenvalue weighted by Crippen LogP contribution is 2.07. The van der Waals surface area contributed by atoms with E-state index in [-0.39, 0.29) is 5.56 Å². The molecule has 0 saturated heterocycles. The molecule has 0 unspecified atom stereocenters. The fraction of sp³-hybridized carbons (Fsp3) is 0.688. The van der Waals surface area contributed by atoms with Gasteiger partial charge in [0.05, 0.1) is 0 Å². The lowest BCUT2D eigenvalue weighted by Gasteiger charge is -2.15. The van der Waals surface area contributed by atoms with Gasteiger partial charge in [-0.3, -0.25) is 4.79 Å². The molecule has 20 heavy (non-hydrogen) atoms. The number of aryl methyl sites for hydroxylation is 2. The van der Waals surface area contributed by atoms with Crippen LogP contribution in [0.2, 0.25) is 0 Å². The van der Waals surface area contributed by atoms with E-state index in [0.717, 1.165) is 36.3 Å². The van der Waals surface area contributed by atoms with Crippen LogP contribution in [-0.2, 0) is 17.8 Å². The minimum atomic E-state index is 0.134. The summed E-state index contributed by atoms with van der Waals surface area (Å²) < 4.78 is 6.92. The highest BCUT2D eigenvalue weighted by atomic mass is 16.5. The number of hydrogen-bond acceptors (Lipinski definition) is 3. The highest BCUT2D eigenvalue weighted by molar-refractivity contribution is 5.26. The molecule has 0 amide bonds. The lowest BCUT2D eigenvalue weighted by molar-refractivity contribution is 0.189. The van der Waals surface area contributed by atoms with Gasteiger partial charge in [-0.2, -0.15) is 0 Å². The summed E-state index contributed by atoms with van der Waals surface area (Å²) in [6.07, 6.45) is 0.860. The van der Waals surface area contributed by atoms with Crippen molar-refractivity contribution in [1.29, 1.82) is 0 Å². The first-order valence-corrected chi connectivity index (χ1v) is 7.37. The van der Waals surface area contributed by atoms with Gasteiger partial charge in [0, 0.05) is 38.1 Å². The number of nitrogens with zero attached hydrogens (tertiary/aromatic N) is 1. The number of methoxy groups -OCH3 is 1. The second-order valence-corrected chi connectivity index (χ2v) is 5.78. The van der Waals surface area contributed by atoms with Crippen molar-refractivity contribution in [2.75, 3.05) is 20.3 Å². The van der Waals surface area contributed by atoms with Crippen LogP contribution in [-0.4, -0.2) is 24.8 Å². The predicted octanol–water partition coefficient (Wildman–Crippen LogP) is 2.25. The van der Waals surface area contributed by atoms with Gasteiger partial charge in [-0.15, -0.1) is 0 Å². The average molecular weight is 280 g/mol. The van der Waals surface area contributed by atoms with Crippen molar-refractivity contribution < 1.29 is 4.74 Å². The normalized spacial score (nSPS) is 11.3. The molecule has 1 rings (SSSR count). The van der Waals surface area contributed by atoms with Crippen LogP contribution in [0.5, 0.6) is 0 Å². The number of pyridine rings is 1. The summed E-state index contributed by atoms with van der Waals surface area (Å²) in [5.41, 5.74) is 3.12. The molecule has 1 aromatic heterocycles. The zero-order chi connectivity index (χ0) is 15.1. The van der Waals surface area contributed by atoms with Crippen LogP contribution in [0, 0.1) is 19.8 Å².